The maximum atomic E-state index is 11.9. The highest BCUT2D eigenvalue weighted by Gasteiger charge is 2.21. The molecule has 1 amide bonds. The molecule has 0 atom stereocenters. The van der Waals surface area contributed by atoms with Crippen LogP contribution in [0.2, 0.25) is 0 Å². The van der Waals surface area contributed by atoms with E-state index in [2.05, 4.69) is 39.9 Å². The number of rotatable bonds is 6. The molecule has 2 N–H and O–H groups in total. The van der Waals surface area contributed by atoms with Crippen LogP contribution >= 0.6 is 35.3 Å². The average Bonchev–Trinajstić information content (AvgIpc) is 3.40. The van der Waals surface area contributed by atoms with Gasteiger partial charge >= 0.3 is 0 Å². The lowest BCUT2D eigenvalue weighted by atomic mass is 10.2. The highest BCUT2D eigenvalue weighted by atomic mass is 127. The van der Waals surface area contributed by atoms with Crippen LogP contribution in [0.5, 0.6) is 0 Å². The number of hydrogen-bond acceptors (Lipinski definition) is 4. The minimum absolute atomic E-state index is 0. The van der Waals surface area contributed by atoms with E-state index < -0.39 is 0 Å². The third-order valence-electron chi connectivity index (χ3n) is 5.33. The Hall–Kier alpha value is -2.46. The number of nitrogens with zero attached hydrogens (tertiary/aromatic N) is 3. The lowest BCUT2D eigenvalue weighted by molar-refractivity contribution is -0.117. The summed E-state index contributed by atoms with van der Waals surface area (Å²) >= 11 is 1.70. The molecular formula is C24H28IN5OS. The third kappa shape index (κ3) is 5.86. The van der Waals surface area contributed by atoms with Crippen LogP contribution in [0.15, 0.2) is 59.6 Å². The van der Waals surface area contributed by atoms with Gasteiger partial charge in [0.05, 0.1) is 12.2 Å². The van der Waals surface area contributed by atoms with Crippen molar-refractivity contribution in [2.45, 2.75) is 32.9 Å². The molecule has 3 aromatic rings. The lowest BCUT2D eigenvalue weighted by Crippen LogP contribution is -2.36. The number of aryl methyl sites for hydroxylation is 1. The molecule has 8 heteroatoms. The summed E-state index contributed by atoms with van der Waals surface area (Å²) in [5.41, 5.74) is 4.30. The molecule has 0 radical (unpaired) electrons. The third-order valence-corrected chi connectivity index (χ3v) is 6.54. The highest BCUT2D eigenvalue weighted by Crippen LogP contribution is 2.27. The second-order valence-electron chi connectivity index (χ2n) is 7.49. The summed E-state index contributed by atoms with van der Waals surface area (Å²) < 4.78 is 0. The van der Waals surface area contributed by atoms with Gasteiger partial charge in [0.15, 0.2) is 5.96 Å². The number of aromatic nitrogens is 1. The maximum Gasteiger partial charge on any atom is 0.227 e. The van der Waals surface area contributed by atoms with E-state index in [0.29, 0.717) is 19.5 Å². The second-order valence-corrected chi connectivity index (χ2v) is 8.57. The summed E-state index contributed by atoms with van der Waals surface area (Å²) in [6, 6.07) is 18.4. The number of carbonyl (C=O) groups is 1. The fourth-order valence-corrected chi connectivity index (χ4v) is 4.59. The quantitative estimate of drug-likeness (QED) is 0.260. The van der Waals surface area contributed by atoms with Gasteiger partial charge in [-0.3, -0.25) is 9.79 Å². The number of nitrogens with one attached hydrogen (secondary N) is 2. The summed E-state index contributed by atoms with van der Waals surface area (Å²) in [6.07, 6.45) is 1.59. The summed E-state index contributed by atoms with van der Waals surface area (Å²) in [6.45, 7) is 4.19. The van der Waals surface area contributed by atoms with Crippen molar-refractivity contribution < 1.29 is 4.79 Å². The number of guanidine groups is 1. The SMILES string of the molecule is CN=C(NCc1ccc(N2CCCC2=O)cc1)NCc1sc(-c2ccccc2)nc1C.I. The van der Waals surface area contributed by atoms with Gasteiger partial charge in [0.1, 0.15) is 5.01 Å². The number of amides is 1. The van der Waals surface area contributed by atoms with Gasteiger partial charge in [0, 0.05) is 42.7 Å². The first-order chi connectivity index (χ1) is 15.1. The molecule has 1 aliphatic rings. The molecule has 0 bridgehead atoms. The molecule has 0 aliphatic carbocycles. The first-order valence-electron chi connectivity index (χ1n) is 10.5. The standard InChI is InChI=1S/C24H27N5OS.HI/c1-17-21(31-23(28-17)19-7-4-3-5-8-19)16-27-24(25-2)26-15-18-10-12-20(13-11-18)29-14-6-9-22(29)30;/h3-5,7-8,10-13H,6,9,14-16H2,1-2H3,(H2,25,26,27);1H. The molecule has 1 aromatic heterocycles. The van der Waals surface area contributed by atoms with Gasteiger partial charge in [-0.25, -0.2) is 4.98 Å². The van der Waals surface area contributed by atoms with Crippen molar-refractivity contribution in [2.75, 3.05) is 18.5 Å². The lowest BCUT2D eigenvalue weighted by Gasteiger charge is -2.16. The molecule has 1 saturated heterocycles. The van der Waals surface area contributed by atoms with Crippen LogP contribution < -0.4 is 15.5 Å². The van der Waals surface area contributed by atoms with Gasteiger partial charge in [-0.15, -0.1) is 35.3 Å². The number of anilines is 1. The molecule has 1 aliphatic heterocycles. The minimum Gasteiger partial charge on any atom is -0.352 e. The smallest absolute Gasteiger partial charge is 0.227 e. The Morgan fingerprint density at radius 3 is 2.47 bits per heavy atom. The van der Waals surface area contributed by atoms with E-state index in [1.54, 1.807) is 18.4 Å². The van der Waals surface area contributed by atoms with E-state index in [0.717, 1.165) is 46.4 Å². The molecular weight excluding hydrogens is 533 g/mol. The molecule has 1 fully saturated rings. The number of thiazole rings is 1. The van der Waals surface area contributed by atoms with E-state index in [-0.39, 0.29) is 29.9 Å². The van der Waals surface area contributed by atoms with Crippen molar-refractivity contribution in [3.05, 3.63) is 70.7 Å². The zero-order chi connectivity index (χ0) is 21.6. The summed E-state index contributed by atoms with van der Waals surface area (Å²) in [7, 11) is 1.77. The van der Waals surface area contributed by atoms with Crippen molar-refractivity contribution in [1.82, 2.24) is 15.6 Å². The Labute approximate surface area is 210 Å². The van der Waals surface area contributed by atoms with Crippen LogP contribution in [0.25, 0.3) is 10.6 Å². The molecule has 168 valence electrons. The van der Waals surface area contributed by atoms with Crippen LogP contribution in [0.1, 0.15) is 29.0 Å². The summed E-state index contributed by atoms with van der Waals surface area (Å²) in [5.74, 6) is 0.956. The van der Waals surface area contributed by atoms with Crippen LogP contribution in [0, 0.1) is 6.92 Å². The first kappa shape index (κ1) is 24.2. The Kier molecular flexibility index (Phi) is 8.63. The predicted octanol–water partition coefficient (Wildman–Crippen LogP) is 4.73. The zero-order valence-electron chi connectivity index (χ0n) is 18.3. The normalized spacial score (nSPS) is 13.8. The van der Waals surface area contributed by atoms with E-state index >= 15 is 0 Å². The van der Waals surface area contributed by atoms with E-state index in [1.165, 1.54) is 4.88 Å². The minimum atomic E-state index is 0. The van der Waals surface area contributed by atoms with Crippen molar-refractivity contribution in [3.63, 3.8) is 0 Å². The average molecular weight is 561 g/mol. The molecule has 0 unspecified atom stereocenters. The Morgan fingerprint density at radius 1 is 1.09 bits per heavy atom. The monoisotopic (exact) mass is 561 g/mol. The van der Waals surface area contributed by atoms with Crippen molar-refractivity contribution in [1.29, 1.82) is 0 Å². The maximum absolute atomic E-state index is 11.9. The molecule has 0 saturated carbocycles. The molecule has 32 heavy (non-hydrogen) atoms. The molecule has 2 aromatic carbocycles. The first-order valence-corrected chi connectivity index (χ1v) is 11.3. The van der Waals surface area contributed by atoms with Crippen molar-refractivity contribution in [3.8, 4) is 10.6 Å². The predicted molar refractivity (Wildman–Crippen MR) is 143 cm³/mol. The summed E-state index contributed by atoms with van der Waals surface area (Å²) in [5, 5.41) is 7.77. The van der Waals surface area contributed by atoms with Gasteiger partial charge in [-0.1, -0.05) is 42.5 Å². The van der Waals surface area contributed by atoms with Crippen molar-refractivity contribution in [2.24, 2.45) is 4.99 Å². The topological polar surface area (TPSA) is 69.6 Å². The van der Waals surface area contributed by atoms with Gasteiger partial charge in [0.25, 0.3) is 0 Å². The van der Waals surface area contributed by atoms with Gasteiger partial charge in [-0.05, 0) is 31.0 Å². The van der Waals surface area contributed by atoms with E-state index in [1.807, 2.05) is 42.2 Å². The highest BCUT2D eigenvalue weighted by molar-refractivity contribution is 14.0. The van der Waals surface area contributed by atoms with Gasteiger partial charge in [0.2, 0.25) is 5.91 Å². The fourth-order valence-electron chi connectivity index (χ4n) is 3.58. The number of hydrogen-bond donors (Lipinski definition) is 2. The van der Waals surface area contributed by atoms with Gasteiger partial charge < -0.3 is 15.5 Å². The van der Waals surface area contributed by atoms with Gasteiger partial charge in [-0.2, -0.15) is 0 Å². The zero-order valence-corrected chi connectivity index (χ0v) is 21.4. The van der Waals surface area contributed by atoms with E-state index in [9.17, 15) is 4.79 Å². The summed E-state index contributed by atoms with van der Waals surface area (Å²) in [4.78, 5) is 24.0. The number of aliphatic imine (C=N–C) groups is 1. The fraction of sp³-hybridized carbons (Fsp3) is 0.292. The van der Waals surface area contributed by atoms with Crippen LogP contribution in [-0.2, 0) is 17.9 Å². The number of carbonyl (C=O) groups excluding carboxylic acids is 1. The molecule has 4 rings (SSSR count). The Bertz CT molecular complexity index is 1070. The number of halogens is 1. The molecule has 6 nitrogen and oxygen atoms in total. The van der Waals surface area contributed by atoms with Crippen molar-refractivity contribution >= 4 is 52.9 Å². The van der Waals surface area contributed by atoms with Crippen LogP contribution in [0.4, 0.5) is 5.69 Å². The molecule has 0 spiro atoms. The van der Waals surface area contributed by atoms with Crippen LogP contribution in [-0.4, -0.2) is 30.4 Å². The van der Waals surface area contributed by atoms with E-state index in [4.69, 9.17) is 4.98 Å². The Morgan fingerprint density at radius 2 is 1.81 bits per heavy atom. The largest absolute Gasteiger partial charge is 0.352 e. The second kappa shape index (κ2) is 11.4. The molecule has 2 heterocycles. The van der Waals surface area contributed by atoms with Crippen LogP contribution in [0.3, 0.4) is 0 Å². The Balaban J connectivity index is 0.00000289. The number of benzene rings is 2.